The highest BCUT2D eigenvalue weighted by Crippen LogP contribution is 2.30. The maximum Gasteiger partial charge on any atom is 0.416 e. The molecule has 1 aromatic carbocycles. The number of hydrogen-bond acceptors (Lipinski definition) is 10. The van der Waals surface area contributed by atoms with Gasteiger partial charge in [0.25, 0.3) is 0 Å². The van der Waals surface area contributed by atoms with Crippen molar-refractivity contribution in [1.29, 1.82) is 10.8 Å². The van der Waals surface area contributed by atoms with Gasteiger partial charge in [0.15, 0.2) is 0 Å². The Morgan fingerprint density at radius 3 is 2.70 bits per heavy atom. The molecule has 0 aliphatic carbocycles. The van der Waals surface area contributed by atoms with E-state index in [1.54, 1.807) is 17.4 Å². The first-order chi connectivity index (χ1) is 21.8. The van der Waals surface area contributed by atoms with Crippen molar-refractivity contribution in [3.63, 3.8) is 0 Å². The molecule has 3 heterocycles. The molecule has 2 aromatic rings. The number of nitrogen functional groups attached to an aromatic ring is 1. The number of fused-ring (bicyclic) bond motifs is 1. The summed E-state index contributed by atoms with van der Waals surface area (Å²) >= 11 is 0.826. The van der Waals surface area contributed by atoms with E-state index in [0.29, 0.717) is 37.4 Å². The summed E-state index contributed by atoms with van der Waals surface area (Å²) in [5.41, 5.74) is 11.4. The number of alkyl halides is 3. The summed E-state index contributed by atoms with van der Waals surface area (Å²) < 4.78 is 37.1. The second-order valence-corrected chi connectivity index (χ2v) is 11.8. The number of carbonyl (C=O) groups is 2. The molecule has 15 heteroatoms. The number of carbonyl (C=O) groups excluding carboxylic acids is 2. The van der Waals surface area contributed by atoms with E-state index in [4.69, 9.17) is 16.6 Å². The van der Waals surface area contributed by atoms with Crippen LogP contribution in [0.4, 0.5) is 19.0 Å². The van der Waals surface area contributed by atoms with Crippen LogP contribution in [0.2, 0.25) is 0 Å². The van der Waals surface area contributed by atoms with E-state index in [9.17, 15) is 22.8 Å². The topological polar surface area (TPSA) is 172 Å². The number of aromatic nitrogens is 1. The molecule has 1 atom stereocenters. The molecule has 2 amide bonds. The lowest BCUT2D eigenvalue weighted by atomic mass is 10.0. The van der Waals surface area contributed by atoms with Crippen molar-refractivity contribution >= 4 is 51.9 Å². The monoisotopic (exact) mass is 657 g/mol. The van der Waals surface area contributed by atoms with Crippen molar-refractivity contribution in [2.24, 2.45) is 4.99 Å². The number of benzene rings is 1. The molecule has 0 radical (unpaired) electrons. The van der Waals surface area contributed by atoms with Gasteiger partial charge in [-0.1, -0.05) is 48.9 Å². The zero-order valence-electron chi connectivity index (χ0n) is 25.8. The molecule has 2 aliphatic rings. The number of aryl methyl sites for hydroxylation is 1. The van der Waals surface area contributed by atoms with E-state index >= 15 is 0 Å². The van der Waals surface area contributed by atoms with Crippen molar-refractivity contribution in [3.05, 3.63) is 76.4 Å². The Kier molecular flexibility index (Phi) is 12.9. The minimum Gasteiger partial charge on any atom is -0.384 e. The fourth-order valence-electron chi connectivity index (χ4n) is 4.59. The maximum absolute atomic E-state index is 12.9. The van der Waals surface area contributed by atoms with Crippen LogP contribution in [0.25, 0.3) is 6.08 Å². The summed E-state index contributed by atoms with van der Waals surface area (Å²) in [5.74, 6) is 1.66. The third kappa shape index (κ3) is 10.5. The predicted molar refractivity (Wildman–Crippen MR) is 176 cm³/mol. The van der Waals surface area contributed by atoms with E-state index in [1.165, 1.54) is 19.1 Å². The minimum atomic E-state index is -4.40. The second kappa shape index (κ2) is 16.6. The van der Waals surface area contributed by atoms with Crippen LogP contribution in [0.5, 0.6) is 0 Å². The van der Waals surface area contributed by atoms with E-state index in [2.05, 4.69) is 39.0 Å². The van der Waals surface area contributed by atoms with Gasteiger partial charge in [-0.2, -0.15) is 13.2 Å². The first kappa shape index (κ1) is 35.8. The molecule has 0 bridgehead atoms. The average Bonchev–Trinajstić information content (AvgIpc) is 3.43. The molecule has 46 heavy (non-hydrogen) atoms. The maximum atomic E-state index is 12.9. The van der Waals surface area contributed by atoms with Gasteiger partial charge in [-0.3, -0.25) is 30.8 Å². The van der Waals surface area contributed by atoms with Gasteiger partial charge in [0.2, 0.25) is 12.3 Å². The number of aliphatic imine (C=N–C) groups is 1. The quantitative estimate of drug-likeness (QED) is 0.114. The Morgan fingerprint density at radius 1 is 1.28 bits per heavy atom. The molecule has 246 valence electrons. The first-order valence-electron chi connectivity index (χ1n) is 14.5. The molecule has 1 unspecified atom stereocenters. The summed E-state index contributed by atoms with van der Waals surface area (Å²) in [5, 5.41) is 22.1. The predicted octanol–water partition coefficient (Wildman–Crippen LogP) is 5.35. The third-order valence-electron chi connectivity index (χ3n) is 6.91. The number of rotatable bonds is 10. The Hall–Kier alpha value is -4.66. The molecule has 0 saturated carbocycles. The zero-order valence-corrected chi connectivity index (χ0v) is 26.6. The number of nitrogens with zero attached hydrogens (tertiary/aromatic N) is 3. The Labute approximate surface area is 270 Å². The molecule has 1 fully saturated rings. The number of nitrogens with one attached hydrogen (secondary N) is 5. The normalized spacial score (nSPS) is 15.7. The first-order valence-corrected chi connectivity index (χ1v) is 15.3. The van der Waals surface area contributed by atoms with E-state index in [-0.39, 0.29) is 27.6 Å². The van der Waals surface area contributed by atoms with Crippen molar-refractivity contribution in [3.8, 4) is 0 Å². The van der Waals surface area contributed by atoms with Gasteiger partial charge in [0.05, 0.1) is 16.8 Å². The van der Waals surface area contributed by atoms with Crippen LogP contribution in [0, 0.1) is 17.7 Å². The molecule has 0 spiro atoms. The minimum absolute atomic E-state index is 0.0569. The molecule has 11 nitrogen and oxygen atoms in total. The highest BCUT2D eigenvalue weighted by Gasteiger charge is 2.36. The van der Waals surface area contributed by atoms with Crippen molar-refractivity contribution in [1.82, 2.24) is 26.1 Å². The van der Waals surface area contributed by atoms with Crippen LogP contribution in [-0.4, -0.2) is 50.8 Å². The SMILES string of the molecule is CC(=N)SC(=N)c1cccc(C(F)(F)F)c1.CCCC/C(=C\c1cnc(N)cc1C)CNC(=O)C1CCC2=NC=C(NC=O)NN21. The van der Waals surface area contributed by atoms with Crippen molar-refractivity contribution in [2.75, 3.05) is 12.3 Å². The lowest BCUT2D eigenvalue weighted by Crippen LogP contribution is -2.53. The zero-order chi connectivity index (χ0) is 33.9. The summed E-state index contributed by atoms with van der Waals surface area (Å²) in [7, 11) is 0. The van der Waals surface area contributed by atoms with Gasteiger partial charge in [-0.25, -0.2) is 9.98 Å². The fourth-order valence-corrected chi connectivity index (χ4v) is 5.14. The summed E-state index contributed by atoms with van der Waals surface area (Å²) in [4.78, 5) is 32.1. The summed E-state index contributed by atoms with van der Waals surface area (Å²) in [6.45, 7) is 6.09. The van der Waals surface area contributed by atoms with Crippen molar-refractivity contribution < 1.29 is 22.8 Å². The molecular weight excluding hydrogens is 619 g/mol. The molecule has 4 rings (SSSR count). The van der Waals surface area contributed by atoms with E-state index in [1.807, 2.05) is 13.0 Å². The van der Waals surface area contributed by atoms with Gasteiger partial charge in [0, 0.05) is 24.7 Å². The molecule has 1 saturated heterocycles. The second-order valence-electron chi connectivity index (χ2n) is 10.5. The van der Waals surface area contributed by atoms with Gasteiger partial charge in [-0.05, 0) is 62.4 Å². The Morgan fingerprint density at radius 2 is 2.04 bits per heavy atom. The van der Waals surface area contributed by atoms with Gasteiger partial charge in [-0.15, -0.1) is 0 Å². The lowest BCUT2D eigenvalue weighted by Gasteiger charge is -2.30. The molecule has 7 N–H and O–H groups in total. The number of amides is 2. The number of hydrazine groups is 1. The number of thioether (sulfide) groups is 1. The molecular formula is C31H38F3N9O2S. The number of pyridine rings is 1. The molecule has 1 aromatic heterocycles. The summed E-state index contributed by atoms with van der Waals surface area (Å²) in [6.07, 6.45) is 5.96. The Bertz CT molecular complexity index is 1540. The van der Waals surface area contributed by atoms with Crippen molar-refractivity contribution in [2.45, 2.75) is 65.1 Å². The summed E-state index contributed by atoms with van der Waals surface area (Å²) in [6, 6.07) is 6.02. The lowest BCUT2D eigenvalue weighted by molar-refractivity contribution is -0.137. The number of nitrogens with two attached hydrogens (primary N) is 1. The van der Waals surface area contributed by atoms with Crippen LogP contribution in [0.15, 0.2) is 59.1 Å². The van der Waals surface area contributed by atoms with Crippen LogP contribution in [0.3, 0.4) is 0 Å². The highest BCUT2D eigenvalue weighted by atomic mass is 32.2. The van der Waals surface area contributed by atoms with Crippen LogP contribution in [-0.2, 0) is 15.8 Å². The smallest absolute Gasteiger partial charge is 0.384 e. The average molecular weight is 658 g/mol. The largest absolute Gasteiger partial charge is 0.416 e. The Balaban J connectivity index is 0.000000304. The third-order valence-corrected chi connectivity index (χ3v) is 7.66. The van der Waals surface area contributed by atoms with Crippen LogP contribution < -0.4 is 21.8 Å². The van der Waals surface area contributed by atoms with Gasteiger partial charge in [0.1, 0.15) is 28.6 Å². The van der Waals surface area contributed by atoms with Crippen LogP contribution in [0.1, 0.15) is 68.2 Å². The van der Waals surface area contributed by atoms with E-state index < -0.39 is 11.7 Å². The van der Waals surface area contributed by atoms with Crippen LogP contribution >= 0.6 is 11.8 Å². The van der Waals surface area contributed by atoms with E-state index in [0.717, 1.165) is 65.7 Å². The number of anilines is 1. The highest BCUT2D eigenvalue weighted by molar-refractivity contribution is 8.26. The fraction of sp³-hybridized carbons (Fsp3) is 0.355. The van der Waals surface area contributed by atoms with Gasteiger partial charge >= 0.3 is 6.18 Å². The number of hydrogen-bond donors (Lipinski definition) is 6. The number of amidine groups is 1. The van der Waals surface area contributed by atoms with Gasteiger partial charge < -0.3 is 16.4 Å². The number of halogens is 3. The standard InChI is InChI=1S/C21H29N7O2.C10H9F3N2S/c1-3-4-5-15(9-16-11-23-18(22)8-14(16)2)10-25-21(30)17-6-7-20-24-12-19(26-13-29)27-28(17)20;1-6(14)16-9(15)7-3-2-4-8(5-7)10(11,12)13/h8-9,11-13,17,27H,3-7,10H2,1-2H3,(H2,22,23)(H,25,30)(H,26,29);2-5,14-15H,1H3/b15-9+;. The number of unbranched alkanes of at least 4 members (excludes halogenated alkanes) is 1. The molecule has 2 aliphatic heterocycles.